The average molecular weight is 357 g/mol. The van der Waals surface area contributed by atoms with E-state index >= 15 is 0 Å². The molecule has 1 aliphatic rings. The Kier molecular flexibility index (Phi) is 6.34. The van der Waals surface area contributed by atoms with E-state index in [0.717, 1.165) is 5.56 Å². The molecule has 1 amide bonds. The minimum Gasteiger partial charge on any atom is -0.496 e. The van der Waals surface area contributed by atoms with E-state index in [1.165, 1.54) is 14.2 Å². The van der Waals surface area contributed by atoms with Crippen LogP contribution in [0.15, 0.2) is 28.4 Å². The van der Waals surface area contributed by atoms with E-state index in [9.17, 15) is 9.59 Å². The van der Waals surface area contributed by atoms with Gasteiger partial charge < -0.3 is 14.8 Å². The molecule has 0 saturated carbocycles. The molecule has 1 aliphatic heterocycles. The van der Waals surface area contributed by atoms with E-state index in [4.69, 9.17) is 15.9 Å². The molecule has 0 radical (unpaired) electrons. The number of benzene rings is 1. The average Bonchev–Trinajstić information content (AvgIpc) is 3.43. The second-order valence-corrected chi connectivity index (χ2v) is 6.13. The van der Waals surface area contributed by atoms with E-state index in [1.54, 1.807) is 18.2 Å². The van der Waals surface area contributed by atoms with Crippen LogP contribution >= 0.6 is 0 Å². The van der Waals surface area contributed by atoms with Crippen LogP contribution in [0.4, 0.5) is 0 Å². The summed E-state index contributed by atoms with van der Waals surface area (Å²) in [5.41, 5.74) is 0.630. The quantitative estimate of drug-likeness (QED) is 0.543. The summed E-state index contributed by atoms with van der Waals surface area (Å²) >= 11 is 0. The highest BCUT2D eigenvalue weighted by atomic mass is 16.5. The monoisotopic (exact) mass is 357 g/mol. The smallest absolute Gasteiger partial charge is 0.341 e. The van der Waals surface area contributed by atoms with E-state index in [0.29, 0.717) is 37.0 Å². The lowest BCUT2D eigenvalue weighted by atomic mass is 10.0. The maximum absolute atomic E-state index is 12.2. The second kappa shape index (κ2) is 8.48. The molecule has 0 spiro atoms. The number of nitrogens with one attached hydrogen (secondary N) is 1. The lowest BCUT2D eigenvalue weighted by Crippen LogP contribution is -2.28. The largest absolute Gasteiger partial charge is 0.496 e. The van der Waals surface area contributed by atoms with Gasteiger partial charge in [-0.1, -0.05) is 6.07 Å². The lowest BCUT2D eigenvalue weighted by Gasteiger charge is -2.17. The SMILES string of the molecule is C#CCCC1(CCC(=O)N[C@@H](C)c2ccc(OC)c(C(=O)OC)c2)N=N1. The zero-order valence-electron chi connectivity index (χ0n) is 15.2. The molecule has 0 aromatic heterocycles. The summed E-state index contributed by atoms with van der Waals surface area (Å²) in [7, 11) is 2.79. The topological polar surface area (TPSA) is 89.3 Å². The standard InChI is InChI=1S/C19H23N3O4/c1-5-6-10-19(21-22-19)11-9-17(23)20-13(2)14-7-8-16(25-3)15(12-14)18(24)26-4/h1,7-8,12-13H,6,9-11H2,2-4H3,(H,20,23)/t13-/m0/s1. The van der Waals surface area contributed by atoms with Gasteiger partial charge in [-0.3, -0.25) is 4.79 Å². The van der Waals surface area contributed by atoms with Gasteiger partial charge >= 0.3 is 5.97 Å². The third kappa shape index (κ3) is 4.82. The maximum Gasteiger partial charge on any atom is 0.341 e. The summed E-state index contributed by atoms with van der Waals surface area (Å²) in [5.74, 6) is 2.39. The van der Waals surface area contributed by atoms with Crippen LogP contribution in [0.1, 0.15) is 54.6 Å². The number of hydrogen-bond donors (Lipinski definition) is 1. The molecule has 26 heavy (non-hydrogen) atoms. The zero-order chi connectivity index (χ0) is 19.2. The van der Waals surface area contributed by atoms with Gasteiger partial charge in [0, 0.05) is 25.7 Å². The summed E-state index contributed by atoms with van der Waals surface area (Å²) in [6.07, 6.45) is 7.38. The van der Waals surface area contributed by atoms with Crippen molar-refractivity contribution in [2.75, 3.05) is 14.2 Å². The number of ether oxygens (including phenoxy) is 2. The van der Waals surface area contributed by atoms with Crippen LogP contribution in [-0.2, 0) is 9.53 Å². The first-order valence-electron chi connectivity index (χ1n) is 8.38. The number of carbonyl (C=O) groups is 2. The molecule has 0 bridgehead atoms. The minimum absolute atomic E-state index is 0.106. The van der Waals surface area contributed by atoms with E-state index in [2.05, 4.69) is 21.5 Å². The van der Waals surface area contributed by atoms with E-state index in [-0.39, 0.29) is 11.9 Å². The van der Waals surface area contributed by atoms with Crippen molar-refractivity contribution in [1.82, 2.24) is 5.32 Å². The number of rotatable bonds is 9. The summed E-state index contributed by atoms with van der Waals surface area (Å²) in [6, 6.07) is 4.87. The van der Waals surface area contributed by atoms with Gasteiger partial charge in [0.05, 0.1) is 20.3 Å². The Balaban J connectivity index is 1.94. The number of esters is 1. The Hall–Kier alpha value is -2.88. The Morgan fingerprint density at radius 3 is 2.62 bits per heavy atom. The van der Waals surface area contributed by atoms with Gasteiger partial charge in [0.2, 0.25) is 5.91 Å². The Morgan fingerprint density at radius 2 is 2.04 bits per heavy atom. The van der Waals surface area contributed by atoms with Crippen LogP contribution in [0, 0.1) is 12.3 Å². The minimum atomic E-state index is -0.491. The van der Waals surface area contributed by atoms with Crippen LogP contribution in [-0.4, -0.2) is 31.8 Å². The van der Waals surface area contributed by atoms with Crippen LogP contribution in [0.25, 0.3) is 0 Å². The number of methoxy groups -OCH3 is 2. The van der Waals surface area contributed by atoms with Gasteiger partial charge in [0.15, 0.2) is 5.66 Å². The molecule has 0 fully saturated rings. The van der Waals surface area contributed by atoms with E-state index < -0.39 is 11.6 Å². The van der Waals surface area contributed by atoms with Crippen molar-refractivity contribution in [3.8, 4) is 18.1 Å². The summed E-state index contributed by atoms with van der Waals surface area (Å²) in [6.45, 7) is 1.85. The fraction of sp³-hybridized carbons (Fsp3) is 0.474. The molecular formula is C19H23N3O4. The highest BCUT2D eigenvalue weighted by Gasteiger charge is 2.39. The molecule has 7 heteroatoms. The molecule has 1 aromatic rings. The van der Waals surface area contributed by atoms with Gasteiger partial charge in [-0.25, -0.2) is 4.79 Å². The molecule has 0 aliphatic carbocycles. The predicted molar refractivity (Wildman–Crippen MR) is 95.8 cm³/mol. The number of carbonyl (C=O) groups excluding carboxylic acids is 2. The number of nitrogens with zero attached hydrogens (tertiary/aromatic N) is 2. The number of terminal acetylenes is 1. The Bertz CT molecular complexity index is 746. The molecule has 1 aromatic carbocycles. The van der Waals surface area contributed by atoms with Gasteiger partial charge in [0.1, 0.15) is 11.3 Å². The number of amides is 1. The zero-order valence-corrected chi connectivity index (χ0v) is 15.2. The second-order valence-electron chi connectivity index (χ2n) is 6.13. The molecular weight excluding hydrogens is 334 g/mol. The third-order valence-electron chi connectivity index (χ3n) is 4.31. The summed E-state index contributed by atoms with van der Waals surface area (Å²) in [5, 5.41) is 11.0. The summed E-state index contributed by atoms with van der Waals surface area (Å²) < 4.78 is 9.94. The molecule has 1 heterocycles. The molecule has 1 atom stereocenters. The van der Waals surface area contributed by atoms with Gasteiger partial charge in [0.25, 0.3) is 0 Å². The van der Waals surface area contributed by atoms with Gasteiger partial charge in [-0.05, 0) is 24.6 Å². The van der Waals surface area contributed by atoms with Crippen molar-refractivity contribution >= 4 is 11.9 Å². The van der Waals surface area contributed by atoms with Crippen molar-refractivity contribution < 1.29 is 19.1 Å². The predicted octanol–water partition coefficient (Wildman–Crippen LogP) is 3.01. The summed E-state index contributed by atoms with van der Waals surface area (Å²) in [4.78, 5) is 24.1. The van der Waals surface area contributed by atoms with Crippen molar-refractivity contribution in [2.45, 2.75) is 44.3 Å². The highest BCUT2D eigenvalue weighted by Crippen LogP contribution is 2.37. The molecule has 1 N–H and O–H groups in total. The molecule has 2 rings (SSSR count). The lowest BCUT2D eigenvalue weighted by molar-refractivity contribution is -0.122. The van der Waals surface area contributed by atoms with Crippen molar-refractivity contribution in [3.63, 3.8) is 0 Å². The normalized spacial score (nSPS) is 14.8. The molecule has 138 valence electrons. The highest BCUT2D eigenvalue weighted by molar-refractivity contribution is 5.92. The maximum atomic E-state index is 12.2. The van der Waals surface area contributed by atoms with E-state index in [1.807, 2.05) is 6.92 Å². The first-order valence-corrected chi connectivity index (χ1v) is 8.38. The third-order valence-corrected chi connectivity index (χ3v) is 4.31. The van der Waals surface area contributed by atoms with Crippen LogP contribution in [0.2, 0.25) is 0 Å². The van der Waals surface area contributed by atoms with Gasteiger partial charge in [-0.2, -0.15) is 10.2 Å². The fourth-order valence-electron chi connectivity index (χ4n) is 2.64. The van der Waals surface area contributed by atoms with Crippen LogP contribution in [0.3, 0.4) is 0 Å². The molecule has 0 saturated heterocycles. The fourth-order valence-corrected chi connectivity index (χ4v) is 2.64. The van der Waals surface area contributed by atoms with Crippen LogP contribution in [0.5, 0.6) is 5.75 Å². The first-order chi connectivity index (χ1) is 12.4. The van der Waals surface area contributed by atoms with Gasteiger partial charge in [-0.15, -0.1) is 12.3 Å². The molecule has 7 nitrogen and oxygen atoms in total. The van der Waals surface area contributed by atoms with Crippen molar-refractivity contribution in [1.29, 1.82) is 0 Å². The first kappa shape index (κ1) is 19.4. The number of hydrogen-bond acceptors (Lipinski definition) is 6. The molecule has 0 unspecified atom stereocenters. The van der Waals surface area contributed by atoms with Crippen molar-refractivity contribution in [2.24, 2.45) is 10.2 Å². The van der Waals surface area contributed by atoms with Crippen LogP contribution < -0.4 is 10.1 Å². The van der Waals surface area contributed by atoms with Crippen molar-refractivity contribution in [3.05, 3.63) is 29.3 Å². The Morgan fingerprint density at radius 1 is 1.31 bits per heavy atom. The Labute approximate surface area is 153 Å².